The van der Waals surface area contributed by atoms with E-state index < -0.39 is 20.7 Å². The van der Waals surface area contributed by atoms with E-state index >= 15 is 0 Å². The SMILES string of the molecule is CC(N)C(C)(C)n1ccc2cc(S(F)(F)(F)(F)F)ccc21. The van der Waals surface area contributed by atoms with Crippen molar-refractivity contribution in [3.63, 3.8) is 0 Å². The van der Waals surface area contributed by atoms with Crippen LogP contribution in [0, 0.1) is 0 Å². The van der Waals surface area contributed by atoms with Crippen LogP contribution in [0.25, 0.3) is 10.9 Å². The lowest BCUT2D eigenvalue weighted by Gasteiger charge is -2.40. The number of hydrogen-bond donors (Lipinski definition) is 1. The van der Waals surface area contributed by atoms with E-state index in [0.717, 1.165) is 6.07 Å². The lowest BCUT2D eigenvalue weighted by molar-refractivity contribution is 0.307. The quantitative estimate of drug-likeness (QED) is 0.753. The molecule has 1 aromatic heterocycles. The first-order valence-corrected chi connectivity index (χ1v) is 8.19. The molecule has 0 amide bonds. The summed E-state index contributed by atoms with van der Waals surface area (Å²) in [5.41, 5.74) is 5.75. The molecule has 2 nitrogen and oxygen atoms in total. The third-order valence-corrected chi connectivity index (χ3v) is 4.99. The van der Waals surface area contributed by atoms with Crippen LogP contribution < -0.4 is 5.73 Å². The van der Waals surface area contributed by atoms with Crippen LogP contribution in [0.2, 0.25) is 0 Å². The Morgan fingerprint density at radius 3 is 2.14 bits per heavy atom. The zero-order chi connectivity index (χ0) is 16.3. The average molecular weight is 328 g/mol. The van der Waals surface area contributed by atoms with Crippen LogP contribution >= 0.6 is 10.2 Å². The molecule has 0 bridgehead atoms. The number of benzene rings is 1. The highest BCUT2D eigenvalue weighted by atomic mass is 32.5. The van der Waals surface area contributed by atoms with Gasteiger partial charge in [-0.2, -0.15) is 0 Å². The van der Waals surface area contributed by atoms with E-state index in [2.05, 4.69) is 0 Å². The van der Waals surface area contributed by atoms with Crippen molar-refractivity contribution in [2.24, 2.45) is 5.73 Å². The number of nitrogens with two attached hydrogens (primary N) is 1. The van der Waals surface area contributed by atoms with E-state index in [4.69, 9.17) is 5.73 Å². The second-order valence-corrected chi connectivity index (χ2v) is 8.23. The summed E-state index contributed by atoms with van der Waals surface area (Å²) in [6.07, 6.45) is 1.56. The highest BCUT2D eigenvalue weighted by Crippen LogP contribution is 3.02. The van der Waals surface area contributed by atoms with E-state index in [0.29, 0.717) is 17.6 Å². The van der Waals surface area contributed by atoms with Crippen LogP contribution in [0.15, 0.2) is 35.4 Å². The number of fused-ring (bicyclic) bond motifs is 1. The van der Waals surface area contributed by atoms with Gasteiger partial charge in [0.1, 0.15) is 4.90 Å². The molecule has 2 rings (SSSR count). The normalized spacial score (nSPS) is 18.3. The monoisotopic (exact) mass is 328 g/mol. The highest BCUT2D eigenvalue weighted by Gasteiger charge is 2.65. The van der Waals surface area contributed by atoms with E-state index in [-0.39, 0.29) is 11.4 Å². The van der Waals surface area contributed by atoms with E-state index in [1.54, 1.807) is 17.7 Å². The molecule has 8 heteroatoms. The summed E-state index contributed by atoms with van der Waals surface area (Å²) < 4.78 is 65.8. The van der Waals surface area contributed by atoms with Gasteiger partial charge in [0, 0.05) is 23.1 Å². The third kappa shape index (κ3) is 2.87. The van der Waals surface area contributed by atoms with Gasteiger partial charge in [0.05, 0.1) is 5.54 Å². The van der Waals surface area contributed by atoms with Crippen molar-refractivity contribution in [2.45, 2.75) is 37.2 Å². The molecule has 1 unspecified atom stereocenters. The van der Waals surface area contributed by atoms with Gasteiger partial charge < -0.3 is 10.3 Å². The summed E-state index contributed by atoms with van der Waals surface area (Å²) in [7, 11) is -9.65. The molecule has 0 saturated heterocycles. The molecule has 120 valence electrons. The number of aromatic nitrogens is 1. The number of hydrogen-bond acceptors (Lipinski definition) is 1. The lowest BCUT2D eigenvalue weighted by atomic mass is 9.96. The van der Waals surface area contributed by atoms with E-state index in [1.807, 2.05) is 13.8 Å². The van der Waals surface area contributed by atoms with Crippen molar-refractivity contribution in [2.75, 3.05) is 0 Å². The summed E-state index contributed by atoms with van der Waals surface area (Å²) in [5, 5.41) is 0.106. The minimum absolute atomic E-state index is 0.106. The molecular weight excluding hydrogens is 311 g/mol. The Morgan fingerprint density at radius 2 is 1.67 bits per heavy atom. The first kappa shape index (κ1) is 16.1. The Labute approximate surface area is 119 Å². The van der Waals surface area contributed by atoms with E-state index in [9.17, 15) is 19.4 Å². The Balaban J connectivity index is 2.67. The maximum atomic E-state index is 12.8. The average Bonchev–Trinajstić information content (AvgIpc) is 2.68. The Morgan fingerprint density at radius 1 is 1.10 bits per heavy atom. The van der Waals surface area contributed by atoms with Gasteiger partial charge in [-0.05, 0) is 45.0 Å². The van der Waals surface area contributed by atoms with Crippen LogP contribution in [-0.2, 0) is 5.54 Å². The van der Waals surface area contributed by atoms with Crippen LogP contribution in [-0.4, -0.2) is 10.6 Å². The van der Waals surface area contributed by atoms with Gasteiger partial charge in [-0.25, -0.2) is 0 Å². The van der Waals surface area contributed by atoms with Crippen molar-refractivity contribution in [3.8, 4) is 0 Å². The van der Waals surface area contributed by atoms with Gasteiger partial charge in [0.15, 0.2) is 0 Å². The molecule has 1 atom stereocenters. The molecule has 21 heavy (non-hydrogen) atoms. The molecule has 0 radical (unpaired) electrons. The topological polar surface area (TPSA) is 30.9 Å². The van der Waals surface area contributed by atoms with Crippen molar-refractivity contribution in [3.05, 3.63) is 30.5 Å². The summed E-state index contributed by atoms with van der Waals surface area (Å²) in [6, 6.07) is 3.09. The Kier molecular flexibility index (Phi) is 2.86. The molecule has 1 aromatic carbocycles. The first-order chi connectivity index (χ1) is 9.13. The zero-order valence-corrected chi connectivity index (χ0v) is 12.6. The predicted octanol–water partition coefficient (Wildman–Crippen LogP) is 5.38. The van der Waals surface area contributed by atoms with Gasteiger partial charge in [0.25, 0.3) is 0 Å². The summed E-state index contributed by atoms with van der Waals surface area (Å²) in [5.74, 6) is 0. The summed E-state index contributed by atoms with van der Waals surface area (Å²) in [6.45, 7) is 5.43. The van der Waals surface area contributed by atoms with Crippen LogP contribution in [0.3, 0.4) is 0 Å². The van der Waals surface area contributed by atoms with Gasteiger partial charge >= 0.3 is 10.2 Å². The molecule has 0 saturated carbocycles. The second kappa shape index (κ2) is 3.73. The fraction of sp³-hybridized carbons (Fsp3) is 0.385. The molecular formula is C13H17F5N2S. The molecule has 2 aromatic rings. The molecule has 0 aliphatic heterocycles. The number of halogens is 5. The first-order valence-electron chi connectivity index (χ1n) is 6.24. The Bertz CT molecular complexity index is 700. The van der Waals surface area contributed by atoms with Crippen molar-refractivity contribution in [1.82, 2.24) is 4.57 Å². The minimum atomic E-state index is -9.65. The molecule has 1 heterocycles. The zero-order valence-electron chi connectivity index (χ0n) is 11.8. The molecule has 0 spiro atoms. The van der Waals surface area contributed by atoms with E-state index in [1.165, 1.54) is 6.07 Å². The maximum Gasteiger partial charge on any atom is 0.310 e. The van der Waals surface area contributed by atoms with Crippen LogP contribution in [0.5, 0.6) is 0 Å². The molecule has 0 aliphatic rings. The predicted molar refractivity (Wildman–Crippen MR) is 76.3 cm³/mol. The largest absolute Gasteiger partial charge is 0.340 e. The lowest BCUT2D eigenvalue weighted by Crippen LogP contribution is -2.42. The summed E-state index contributed by atoms with van der Waals surface area (Å²) in [4.78, 5) is -1.88. The fourth-order valence-corrected chi connectivity index (χ4v) is 2.76. The van der Waals surface area contributed by atoms with Crippen LogP contribution in [0.1, 0.15) is 20.8 Å². The minimum Gasteiger partial charge on any atom is -0.340 e. The van der Waals surface area contributed by atoms with Gasteiger partial charge in [-0.1, -0.05) is 19.4 Å². The second-order valence-electron chi connectivity index (χ2n) is 5.82. The van der Waals surface area contributed by atoms with Crippen LogP contribution in [0.4, 0.5) is 19.4 Å². The van der Waals surface area contributed by atoms with Crippen molar-refractivity contribution < 1.29 is 19.4 Å². The van der Waals surface area contributed by atoms with Gasteiger partial charge in [-0.3, -0.25) is 0 Å². The standard InChI is InChI=1S/C13H17F5N2S/c1-9(19)13(2,3)20-7-6-10-8-11(4-5-12(10)20)21(14,15,16,17)18/h4-9H,19H2,1-3H3. The number of nitrogens with zero attached hydrogens (tertiary/aromatic N) is 1. The maximum absolute atomic E-state index is 12.8. The molecule has 0 fully saturated rings. The number of rotatable bonds is 3. The molecule has 2 N–H and O–H groups in total. The van der Waals surface area contributed by atoms with Crippen molar-refractivity contribution in [1.29, 1.82) is 0 Å². The van der Waals surface area contributed by atoms with Gasteiger partial charge in [-0.15, -0.1) is 0 Å². The smallest absolute Gasteiger partial charge is 0.310 e. The summed E-state index contributed by atoms with van der Waals surface area (Å²) >= 11 is 0. The van der Waals surface area contributed by atoms with Crippen molar-refractivity contribution >= 4 is 21.1 Å². The molecule has 0 aliphatic carbocycles. The fourth-order valence-electron chi connectivity index (χ4n) is 2.08. The van der Waals surface area contributed by atoms with Gasteiger partial charge in [0.2, 0.25) is 0 Å². The highest BCUT2D eigenvalue weighted by molar-refractivity contribution is 8.45. The third-order valence-electron chi connectivity index (χ3n) is 3.84. The Hall–Kier alpha value is -1.28.